The number of piperazine rings is 1. The van der Waals surface area contributed by atoms with Gasteiger partial charge in [0.2, 0.25) is 5.91 Å². The molecule has 0 bridgehead atoms. The molecule has 1 saturated heterocycles. The standard InChI is InChI=1S/C15H24N4O2/c1-11(19-8-6-18(2)7-9-19)15(20)17-13-5-4-12(16)10-14(13)21-3/h4-5,10-11H,6-9,16H2,1-3H3,(H,17,20). The van der Waals surface area contributed by atoms with Gasteiger partial charge >= 0.3 is 0 Å². The molecule has 1 fully saturated rings. The number of nitrogens with one attached hydrogen (secondary N) is 1. The minimum Gasteiger partial charge on any atom is -0.494 e. The van der Waals surface area contributed by atoms with Crippen LogP contribution in [0.15, 0.2) is 18.2 Å². The number of hydrogen-bond donors (Lipinski definition) is 2. The summed E-state index contributed by atoms with van der Waals surface area (Å²) in [4.78, 5) is 16.9. The van der Waals surface area contributed by atoms with Crippen molar-refractivity contribution in [1.29, 1.82) is 0 Å². The topological polar surface area (TPSA) is 70.8 Å². The van der Waals surface area contributed by atoms with E-state index in [1.165, 1.54) is 0 Å². The molecule has 6 nitrogen and oxygen atoms in total. The highest BCUT2D eigenvalue weighted by Crippen LogP contribution is 2.26. The molecule has 1 unspecified atom stereocenters. The van der Waals surface area contributed by atoms with Crippen molar-refractivity contribution in [3.05, 3.63) is 18.2 Å². The third-order valence-corrected chi connectivity index (χ3v) is 3.95. The van der Waals surface area contributed by atoms with Crippen molar-refractivity contribution >= 4 is 17.3 Å². The Morgan fingerprint density at radius 1 is 1.33 bits per heavy atom. The summed E-state index contributed by atoms with van der Waals surface area (Å²) in [5, 5.41) is 2.92. The van der Waals surface area contributed by atoms with Gasteiger partial charge < -0.3 is 20.7 Å². The predicted octanol–water partition coefficient (Wildman–Crippen LogP) is 0.852. The Balaban J connectivity index is 2.00. The first-order valence-electron chi connectivity index (χ1n) is 7.18. The first-order chi connectivity index (χ1) is 10.0. The number of amides is 1. The van der Waals surface area contributed by atoms with Gasteiger partial charge in [0.25, 0.3) is 0 Å². The zero-order chi connectivity index (χ0) is 15.4. The van der Waals surface area contributed by atoms with Crippen LogP contribution < -0.4 is 15.8 Å². The fraction of sp³-hybridized carbons (Fsp3) is 0.533. The van der Waals surface area contributed by atoms with Crippen molar-refractivity contribution in [1.82, 2.24) is 9.80 Å². The van der Waals surface area contributed by atoms with Crippen molar-refractivity contribution in [2.24, 2.45) is 0 Å². The van der Waals surface area contributed by atoms with Crippen LogP contribution in [0.4, 0.5) is 11.4 Å². The molecule has 1 aromatic rings. The van der Waals surface area contributed by atoms with Crippen LogP contribution in [-0.4, -0.2) is 62.1 Å². The molecule has 0 spiro atoms. The second kappa shape index (κ2) is 6.78. The van der Waals surface area contributed by atoms with Gasteiger partial charge in [0, 0.05) is 37.9 Å². The van der Waals surface area contributed by atoms with Gasteiger partial charge in [-0.1, -0.05) is 0 Å². The van der Waals surface area contributed by atoms with Crippen LogP contribution in [0.2, 0.25) is 0 Å². The number of nitrogens with two attached hydrogens (primary N) is 1. The van der Waals surface area contributed by atoms with E-state index in [9.17, 15) is 4.79 Å². The lowest BCUT2D eigenvalue weighted by molar-refractivity contribution is -0.121. The Hall–Kier alpha value is -1.79. The smallest absolute Gasteiger partial charge is 0.241 e. The van der Waals surface area contributed by atoms with Gasteiger partial charge in [-0.3, -0.25) is 9.69 Å². The maximum atomic E-state index is 12.4. The van der Waals surface area contributed by atoms with Crippen LogP contribution in [0.5, 0.6) is 5.75 Å². The summed E-state index contributed by atoms with van der Waals surface area (Å²) < 4.78 is 5.25. The Bertz CT molecular complexity index is 498. The van der Waals surface area contributed by atoms with E-state index in [-0.39, 0.29) is 11.9 Å². The highest BCUT2D eigenvalue weighted by molar-refractivity contribution is 5.96. The second-order valence-electron chi connectivity index (χ2n) is 5.46. The maximum absolute atomic E-state index is 12.4. The molecule has 1 aliphatic rings. The number of hydrogen-bond acceptors (Lipinski definition) is 5. The normalized spacial score (nSPS) is 18.2. The SMILES string of the molecule is COc1cc(N)ccc1NC(=O)C(C)N1CCN(C)CC1. The molecule has 0 aromatic heterocycles. The Kier molecular flexibility index (Phi) is 5.03. The molecular formula is C15H24N4O2. The summed E-state index contributed by atoms with van der Waals surface area (Å²) in [5.74, 6) is 0.552. The first kappa shape index (κ1) is 15.6. The first-order valence-corrected chi connectivity index (χ1v) is 7.18. The molecule has 1 aromatic carbocycles. The largest absolute Gasteiger partial charge is 0.494 e. The van der Waals surface area contributed by atoms with Crippen LogP contribution in [0.25, 0.3) is 0 Å². The molecule has 6 heteroatoms. The fourth-order valence-corrected chi connectivity index (χ4v) is 2.42. The number of methoxy groups -OCH3 is 1. The number of benzene rings is 1. The number of carbonyl (C=O) groups excluding carboxylic acids is 1. The molecule has 116 valence electrons. The number of ether oxygens (including phenoxy) is 1. The van der Waals surface area contributed by atoms with E-state index in [1.54, 1.807) is 25.3 Å². The quantitative estimate of drug-likeness (QED) is 0.805. The Morgan fingerprint density at radius 2 is 2.00 bits per heavy atom. The van der Waals surface area contributed by atoms with E-state index >= 15 is 0 Å². The van der Waals surface area contributed by atoms with Gasteiger partial charge in [-0.05, 0) is 26.1 Å². The molecule has 3 N–H and O–H groups in total. The lowest BCUT2D eigenvalue weighted by Gasteiger charge is -2.35. The summed E-state index contributed by atoms with van der Waals surface area (Å²) in [6, 6.07) is 5.05. The van der Waals surface area contributed by atoms with Gasteiger partial charge in [-0.25, -0.2) is 0 Å². The van der Waals surface area contributed by atoms with Crippen LogP contribution in [0.3, 0.4) is 0 Å². The number of nitrogen functional groups attached to an aromatic ring is 1. The van der Waals surface area contributed by atoms with Gasteiger partial charge in [-0.2, -0.15) is 0 Å². The molecule has 2 rings (SSSR count). The zero-order valence-corrected chi connectivity index (χ0v) is 12.9. The molecular weight excluding hydrogens is 268 g/mol. The monoisotopic (exact) mass is 292 g/mol. The van der Waals surface area contributed by atoms with Crippen molar-refractivity contribution in [3.63, 3.8) is 0 Å². The number of anilines is 2. The number of carbonyl (C=O) groups is 1. The van der Waals surface area contributed by atoms with Gasteiger partial charge in [-0.15, -0.1) is 0 Å². The molecule has 1 amide bonds. The second-order valence-corrected chi connectivity index (χ2v) is 5.46. The average molecular weight is 292 g/mol. The van der Waals surface area contributed by atoms with E-state index < -0.39 is 0 Å². The molecule has 21 heavy (non-hydrogen) atoms. The number of nitrogens with zero attached hydrogens (tertiary/aromatic N) is 2. The molecule has 0 aliphatic carbocycles. The Morgan fingerprint density at radius 3 is 2.62 bits per heavy atom. The molecule has 1 atom stereocenters. The van der Waals surface area contributed by atoms with Crippen LogP contribution in [0.1, 0.15) is 6.92 Å². The van der Waals surface area contributed by atoms with Gasteiger partial charge in [0.05, 0.1) is 18.8 Å². The third kappa shape index (κ3) is 3.86. The summed E-state index contributed by atoms with van der Waals surface area (Å²) in [5.41, 5.74) is 6.98. The third-order valence-electron chi connectivity index (χ3n) is 3.95. The molecule has 1 aliphatic heterocycles. The number of likely N-dealkylation sites (N-methyl/N-ethyl adjacent to an activating group) is 1. The minimum absolute atomic E-state index is 0.0253. The van der Waals surface area contributed by atoms with Gasteiger partial charge in [0.15, 0.2) is 0 Å². The maximum Gasteiger partial charge on any atom is 0.241 e. The van der Waals surface area contributed by atoms with Crippen LogP contribution in [-0.2, 0) is 4.79 Å². The fourth-order valence-electron chi connectivity index (χ4n) is 2.42. The highest BCUT2D eigenvalue weighted by Gasteiger charge is 2.24. The lowest BCUT2D eigenvalue weighted by Crippen LogP contribution is -2.51. The van der Waals surface area contributed by atoms with Crippen molar-refractivity contribution in [3.8, 4) is 5.75 Å². The van der Waals surface area contributed by atoms with E-state index in [2.05, 4.69) is 22.2 Å². The summed E-state index contributed by atoms with van der Waals surface area (Å²) in [7, 11) is 3.66. The van der Waals surface area contributed by atoms with Crippen molar-refractivity contribution in [2.45, 2.75) is 13.0 Å². The predicted molar refractivity (Wildman–Crippen MR) is 84.6 cm³/mol. The summed E-state index contributed by atoms with van der Waals surface area (Å²) in [6.07, 6.45) is 0. The average Bonchev–Trinajstić information content (AvgIpc) is 2.49. The minimum atomic E-state index is -0.166. The Labute approximate surface area is 125 Å². The van der Waals surface area contributed by atoms with E-state index in [0.717, 1.165) is 26.2 Å². The van der Waals surface area contributed by atoms with E-state index in [0.29, 0.717) is 17.1 Å². The summed E-state index contributed by atoms with van der Waals surface area (Å²) in [6.45, 7) is 5.73. The van der Waals surface area contributed by atoms with Crippen LogP contribution >= 0.6 is 0 Å². The summed E-state index contributed by atoms with van der Waals surface area (Å²) >= 11 is 0. The lowest BCUT2D eigenvalue weighted by atomic mass is 10.2. The molecule has 0 radical (unpaired) electrons. The van der Waals surface area contributed by atoms with E-state index in [1.807, 2.05) is 6.92 Å². The van der Waals surface area contributed by atoms with Crippen molar-refractivity contribution in [2.75, 3.05) is 51.4 Å². The molecule has 0 saturated carbocycles. The molecule has 1 heterocycles. The number of rotatable bonds is 4. The van der Waals surface area contributed by atoms with Crippen molar-refractivity contribution < 1.29 is 9.53 Å². The van der Waals surface area contributed by atoms with Gasteiger partial charge in [0.1, 0.15) is 5.75 Å². The van der Waals surface area contributed by atoms with Crippen LogP contribution in [0, 0.1) is 0 Å². The van der Waals surface area contributed by atoms with E-state index in [4.69, 9.17) is 10.5 Å². The zero-order valence-electron chi connectivity index (χ0n) is 12.9. The highest BCUT2D eigenvalue weighted by atomic mass is 16.5.